The van der Waals surface area contributed by atoms with Gasteiger partial charge in [-0.25, -0.2) is 0 Å². The molecule has 2 saturated heterocycles. The van der Waals surface area contributed by atoms with Crippen LogP contribution in [-0.2, 0) is 5.41 Å². The second-order valence-corrected chi connectivity index (χ2v) is 7.33. The number of rotatable bonds is 0. The van der Waals surface area contributed by atoms with E-state index >= 15 is 0 Å². The maximum Gasteiger partial charge on any atom is 0.131 e. The number of anilines is 1. The molecule has 1 aromatic rings. The first-order chi connectivity index (χ1) is 11.2. The molecule has 4 atom stereocenters. The topological polar surface area (TPSA) is 55.7 Å². The highest BCUT2D eigenvalue weighted by Crippen LogP contribution is 2.64. The molecule has 0 unspecified atom stereocenters. The van der Waals surface area contributed by atoms with E-state index in [2.05, 4.69) is 41.4 Å². The Morgan fingerprint density at radius 1 is 1.35 bits per heavy atom. The smallest absolute Gasteiger partial charge is 0.131 e. The van der Waals surface area contributed by atoms with Crippen molar-refractivity contribution in [2.75, 3.05) is 18.4 Å². The van der Waals surface area contributed by atoms with Gasteiger partial charge in [-0.2, -0.15) is 0 Å². The average Bonchev–Trinajstić information content (AvgIpc) is 3.07. The van der Waals surface area contributed by atoms with Crippen LogP contribution in [0.5, 0.6) is 0 Å². The van der Waals surface area contributed by atoms with E-state index in [1.165, 1.54) is 17.4 Å². The molecule has 4 heteroatoms. The quantitative estimate of drug-likeness (QED) is 0.509. The van der Waals surface area contributed by atoms with E-state index in [-0.39, 0.29) is 17.4 Å². The van der Waals surface area contributed by atoms with Gasteiger partial charge in [0.25, 0.3) is 0 Å². The van der Waals surface area contributed by atoms with Gasteiger partial charge < -0.3 is 15.5 Å². The number of piperidine rings is 1. The number of para-hydroxylation sites is 1. The van der Waals surface area contributed by atoms with Gasteiger partial charge in [-0.1, -0.05) is 29.8 Å². The third-order valence-corrected chi connectivity index (χ3v) is 6.78. The molecule has 3 fully saturated rings. The van der Waals surface area contributed by atoms with Crippen LogP contribution in [0.3, 0.4) is 0 Å². The summed E-state index contributed by atoms with van der Waals surface area (Å²) in [6.07, 6.45) is 5.04. The lowest BCUT2D eigenvalue weighted by Gasteiger charge is -2.57. The summed E-state index contributed by atoms with van der Waals surface area (Å²) >= 11 is 0. The Balaban J connectivity index is 1.80. The van der Waals surface area contributed by atoms with E-state index in [1.54, 1.807) is 0 Å². The van der Waals surface area contributed by atoms with E-state index in [1.807, 2.05) is 6.07 Å². The summed E-state index contributed by atoms with van der Waals surface area (Å²) in [6.45, 7) is 3.75. The fraction of sp³-hybridized carbons (Fsp3) is 0.474. The first kappa shape index (κ1) is 13.6. The summed E-state index contributed by atoms with van der Waals surface area (Å²) in [7, 11) is 0. The Kier molecular flexibility index (Phi) is 2.49. The number of nitrogens with one attached hydrogen (secondary N) is 1. The van der Waals surface area contributed by atoms with Crippen LogP contribution in [0.1, 0.15) is 25.3 Å². The third-order valence-electron chi connectivity index (χ3n) is 6.78. The lowest BCUT2D eigenvalue weighted by molar-refractivity contribution is -0.156. The first-order valence-corrected chi connectivity index (χ1v) is 8.48. The predicted octanol–water partition coefficient (Wildman–Crippen LogP) is 2.53. The Morgan fingerprint density at radius 2 is 2.17 bits per heavy atom. The maximum absolute atomic E-state index is 11.8. The fourth-order valence-corrected chi connectivity index (χ4v) is 5.76. The molecule has 1 spiro atoms. The zero-order chi connectivity index (χ0) is 15.8. The molecule has 0 amide bonds. The molecule has 3 heterocycles. The van der Waals surface area contributed by atoms with Crippen LogP contribution in [0.2, 0.25) is 0 Å². The Labute approximate surface area is 136 Å². The minimum Gasteiger partial charge on any atom is -0.516 e. The van der Waals surface area contributed by atoms with Crippen molar-refractivity contribution in [3.05, 3.63) is 53.3 Å². The number of aliphatic hydroxyl groups excluding tert-OH is 1. The highest BCUT2D eigenvalue weighted by Gasteiger charge is 2.71. The Hall–Kier alpha value is -1.78. The lowest BCUT2D eigenvalue weighted by Crippen LogP contribution is -2.68. The van der Waals surface area contributed by atoms with E-state index in [0.717, 1.165) is 30.8 Å². The summed E-state index contributed by atoms with van der Waals surface area (Å²) in [5, 5.41) is 25.4. The number of aliphatic hydroxyl groups is 2. The number of nitrogens with zero attached hydrogens (tertiary/aromatic N) is 1. The molecule has 3 aliphatic heterocycles. The van der Waals surface area contributed by atoms with Crippen LogP contribution < -0.4 is 5.32 Å². The molecule has 1 aromatic carbocycles. The van der Waals surface area contributed by atoms with Gasteiger partial charge in [0.1, 0.15) is 5.72 Å². The van der Waals surface area contributed by atoms with E-state index in [4.69, 9.17) is 0 Å². The van der Waals surface area contributed by atoms with E-state index in [0.29, 0.717) is 6.42 Å². The summed E-state index contributed by atoms with van der Waals surface area (Å²) in [6, 6.07) is 8.28. The van der Waals surface area contributed by atoms with Crippen molar-refractivity contribution in [1.82, 2.24) is 4.90 Å². The Morgan fingerprint density at radius 3 is 2.96 bits per heavy atom. The van der Waals surface area contributed by atoms with Gasteiger partial charge in [-0.15, -0.1) is 0 Å². The van der Waals surface area contributed by atoms with Crippen molar-refractivity contribution < 1.29 is 10.2 Å². The monoisotopic (exact) mass is 310 g/mol. The van der Waals surface area contributed by atoms with Crippen molar-refractivity contribution in [2.24, 2.45) is 5.92 Å². The summed E-state index contributed by atoms with van der Waals surface area (Å²) in [5.74, 6) is 0.129. The third kappa shape index (κ3) is 1.32. The van der Waals surface area contributed by atoms with Crippen molar-refractivity contribution >= 4 is 5.69 Å². The zero-order valence-corrected chi connectivity index (χ0v) is 13.3. The summed E-state index contributed by atoms with van der Waals surface area (Å²) < 4.78 is 0. The predicted molar refractivity (Wildman–Crippen MR) is 89.2 cm³/mol. The van der Waals surface area contributed by atoms with E-state index < -0.39 is 5.72 Å². The van der Waals surface area contributed by atoms with Gasteiger partial charge >= 0.3 is 0 Å². The lowest BCUT2D eigenvalue weighted by atomic mass is 9.56. The number of benzene rings is 1. The van der Waals surface area contributed by atoms with Crippen LogP contribution in [0.25, 0.3) is 0 Å². The van der Waals surface area contributed by atoms with Crippen molar-refractivity contribution in [3.8, 4) is 0 Å². The fourth-order valence-electron chi connectivity index (χ4n) is 5.76. The number of hydrogen-bond acceptors (Lipinski definition) is 4. The second kappa shape index (κ2) is 4.19. The second-order valence-electron chi connectivity index (χ2n) is 7.33. The molecule has 0 radical (unpaired) electrons. The number of allylic oxidation sites excluding steroid dienone is 1. The standard InChI is InChI=1S/C19H22N2O2/c1-2-12-10-21-8-7-18-15-5-3-4-6-16(15)20-17(18)14(11-22)13(12)9-19(18,21)23/h2-6,11,13,17,20,22-23H,7-10H2,1H3/t13-,17-,18-,19+/m0/s1. The molecule has 2 bridgehead atoms. The molecule has 4 nitrogen and oxygen atoms in total. The molecule has 1 saturated carbocycles. The Bertz CT molecular complexity index is 755. The van der Waals surface area contributed by atoms with Gasteiger partial charge in [0.2, 0.25) is 0 Å². The molecule has 1 aliphatic carbocycles. The van der Waals surface area contributed by atoms with Crippen LogP contribution in [-0.4, -0.2) is 40.0 Å². The van der Waals surface area contributed by atoms with Gasteiger partial charge in [0.15, 0.2) is 0 Å². The van der Waals surface area contributed by atoms with Gasteiger partial charge in [0.05, 0.1) is 17.7 Å². The number of hydrogen-bond donors (Lipinski definition) is 3. The zero-order valence-electron chi connectivity index (χ0n) is 13.3. The van der Waals surface area contributed by atoms with Crippen molar-refractivity contribution in [3.63, 3.8) is 0 Å². The SMILES string of the molecule is CC=C1CN2CC[C@]34c5ccccc5N[C@H]3C(=CO)[C@H]1C[C@]24O. The molecule has 4 aliphatic rings. The minimum absolute atomic E-state index is 0.0334. The highest BCUT2D eigenvalue weighted by atomic mass is 16.3. The van der Waals surface area contributed by atoms with Gasteiger partial charge in [-0.3, -0.25) is 4.90 Å². The molecule has 3 N–H and O–H groups in total. The average molecular weight is 310 g/mol. The molecular formula is C19H22N2O2. The van der Waals surface area contributed by atoms with Crippen LogP contribution in [0.4, 0.5) is 5.69 Å². The highest BCUT2D eigenvalue weighted by molar-refractivity contribution is 5.68. The molecule has 5 rings (SSSR count). The van der Waals surface area contributed by atoms with E-state index in [9.17, 15) is 10.2 Å². The largest absolute Gasteiger partial charge is 0.516 e. The first-order valence-electron chi connectivity index (χ1n) is 8.48. The molecule has 23 heavy (non-hydrogen) atoms. The molecule has 120 valence electrons. The summed E-state index contributed by atoms with van der Waals surface area (Å²) in [5.41, 5.74) is 3.46. The number of fused-ring (bicyclic) bond motifs is 2. The van der Waals surface area contributed by atoms with Gasteiger partial charge in [0, 0.05) is 31.1 Å². The van der Waals surface area contributed by atoms with Crippen LogP contribution in [0, 0.1) is 5.92 Å². The normalized spacial score (nSPS) is 44.3. The van der Waals surface area contributed by atoms with Crippen LogP contribution in [0.15, 0.2) is 47.7 Å². The summed E-state index contributed by atoms with van der Waals surface area (Å²) in [4.78, 5) is 2.25. The molecular weight excluding hydrogens is 288 g/mol. The minimum atomic E-state index is -0.832. The van der Waals surface area contributed by atoms with Gasteiger partial charge in [-0.05, 0) is 30.5 Å². The van der Waals surface area contributed by atoms with Crippen molar-refractivity contribution in [1.29, 1.82) is 0 Å². The van der Waals surface area contributed by atoms with Crippen LogP contribution >= 0.6 is 0 Å². The molecule has 0 aromatic heterocycles. The maximum atomic E-state index is 11.8. The van der Waals surface area contributed by atoms with Crippen molar-refractivity contribution in [2.45, 2.75) is 36.9 Å².